The highest BCUT2D eigenvalue weighted by molar-refractivity contribution is 9.10. The van der Waals surface area contributed by atoms with Gasteiger partial charge in [-0.15, -0.1) is 0 Å². The zero-order chi connectivity index (χ0) is 13.1. The molecule has 1 aromatic carbocycles. The van der Waals surface area contributed by atoms with E-state index < -0.39 is 0 Å². The van der Waals surface area contributed by atoms with Crippen molar-refractivity contribution in [2.75, 3.05) is 0 Å². The molecule has 2 rings (SSSR count). The van der Waals surface area contributed by atoms with Crippen molar-refractivity contribution in [3.05, 3.63) is 40.6 Å². The molecular weight excluding hydrogens is 316 g/mol. The Labute approximate surface area is 117 Å². The predicted octanol–water partition coefficient (Wildman–Crippen LogP) is 2.43. The van der Waals surface area contributed by atoms with E-state index in [1.54, 1.807) is 12.3 Å². The summed E-state index contributed by atoms with van der Waals surface area (Å²) < 4.78 is 2.83. The third-order valence-electron chi connectivity index (χ3n) is 2.31. The fraction of sp³-hybridized carbons (Fsp3) is 0.0909. The Morgan fingerprint density at radius 2 is 2.33 bits per heavy atom. The number of nitrogens with two attached hydrogens (primary N) is 1. The topological polar surface area (TPSA) is 76.4 Å². The number of nitrogens with zero attached hydrogens (tertiary/aromatic N) is 3. The second-order valence-electron chi connectivity index (χ2n) is 3.55. The van der Waals surface area contributed by atoms with Crippen LogP contribution in [0.4, 0.5) is 0 Å². The molecule has 0 saturated carbocycles. The molecule has 0 atom stereocenters. The number of aryl methyl sites for hydroxylation is 1. The van der Waals surface area contributed by atoms with Gasteiger partial charge in [-0.1, -0.05) is 32.8 Å². The normalized spacial score (nSPS) is 11.8. The summed E-state index contributed by atoms with van der Waals surface area (Å²) in [6.45, 7) is 0. The Kier molecular flexibility index (Phi) is 3.93. The quantitative estimate of drug-likeness (QED) is 0.393. The van der Waals surface area contributed by atoms with E-state index in [1.807, 2.05) is 29.9 Å². The van der Waals surface area contributed by atoms with Gasteiger partial charge >= 0.3 is 0 Å². The van der Waals surface area contributed by atoms with Gasteiger partial charge in [0.25, 0.3) is 0 Å². The van der Waals surface area contributed by atoms with Crippen molar-refractivity contribution in [1.29, 1.82) is 0 Å². The van der Waals surface area contributed by atoms with Crippen LogP contribution in [0.25, 0.3) is 0 Å². The van der Waals surface area contributed by atoms with Crippen molar-refractivity contribution in [2.24, 2.45) is 17.9 Å². The van der Waals surface area contributed by atoms with Crippen LogP contribution in [0.15, 0.2) is 50.3 Å². The molecule has 18 heavy (non-hydrogen) atoms. The highest BCUT2D eigenvalue weighted by atomic mass is 79.9. The van der Waals surface area contributed by atoms with Gasteiger partial charge in [-0.05, 0) is 18.2 Å². The van der Waals surface area contributed by atoms with E-state index in [0.717, 1.165) is 14.5 Å². The first-order valence-corrected chi connectivity index (χ1v) is 6.65. The third kappa shape index (κ3) is 2.68. The number of imidazole rings is 1. The summed E-state index contributed by atoms with van der Waals surface area (Å²) >= 11 is 4.86. The minimum atomic E-state index is 0.0826. The number of aromatic nitrogens is 2. The molecule has 0 unspecified atom stereocenters. The van der Waals surface area contributed by atoms with Gasteiger partial charge in [-0.2, -0.15) is 0 Å². The van der Waals surface area contributed by atoms with Crippen molar-refractivity contribution in [3.63, 3.8) is 0 Å². The first-order chi connectivity index (χ1) is 8.61. The molecule has 2 aromatic rings. The smallest absolute Gasteiger partial charge is 0.172 e. The van der Waals surface area contributed by atoms with Crippen LogP contribution >= 0.6 is 27.7 Å². The standard InChI is InChI=1S/C11H11BrN4OS/c1-16-5-4-14-11(16)18-9-6-7(12)2-3-8(9)10(13)15-17/h2-6,17H,1H3,(H2,13,15). The molecule has 0 aliphatic carbocycles. The number of benzene rings is 1. The number of amidine groups is 1. The molecule has 0 aliphatic heterocycles. The predicted molar refractivity (Wildman–Crippen MR) is 74.0 cm³/mol. The van der Waals surface area contributed by atoms with Crippen LogP contribution in [0.5, 0.6) is 0 Å². The number of rotatable bonds is 3. The molecule has 0 bridgehead atoms. The lowest BCUT2D eigenvalue weighted by Crippen LogP contribution is -2.14. The molecule has 5 nitrogen and oxygen atoms in total. The molecular formula is C11H11BrN4OS. The van der Waals surface area contributed by atoms with Gasteiger partial charge in [-0.3, -0.25) is 0 Å². The van der Waals surface area contributed by atoms with Crippen LogP contribution < -0.4 is 5.73 Å². The molecule has 3 N–H and O–H groups in total. The minimum absolute atomic E-state index is 0.0826. The molecule has 0 radical (unpaired) electrons. The summed E-state index contributed by atoms with van der Waals surface area (Å²) in [5, 5.41) is 12.7. The van der Waals surface area contributed by atoms with Crippen molar-refractivity contribution in [3.8, 4) is 0 Å². The third-order valence-corrected chi connectivity index (χ3v) is 3.93. The Hall–Kier alpha value is -1.47. The van der Waals surface area contributed by atoms with Crippen LogP contribution in [0, 0.1) is 0 Å². The maximum Gasteiger partial charge on any atom is 0.172 e. The summed E-state index contributed by atoms with van der Waals surface area (Å²) in [7, 11) is 1.91. The zero-order valence-corrected chi connectivity index (χ0v) is 11.9. The second-order valence-corrected chi connectivity index (χ2v) is 5.47. The highest BCUT2D eigenvalue weighted by Gasteiger charge is 2.11. The molecule has 0 aliphatic rings. The Morgan fingerprint density at radius 3 is 2.94 bits per heavy atom. The monoisotopic (exact) mass is 326 g/mol. The van der Waals surface area contributed by atoms with Crippen LogP contribution in [-0.4, -0.2) is 20.6 Å². The molecule has 0 amide bonds. The molecule has 0 fully saturated rings. The van der Waals surface area contributed by atoms with Crippen molar-refractivity contribution in [1.82, 2.24) is 9.55 Å². The molecule has 1 aromatic heterocycles. The summed E-state index contributed by atoms with van der Waals surface area (Å²) in [6, 6.07) is 5.55. The van der Waals surface area contributed by atoms with Gasteiger partial charge in [0, 0.05) is 34.4 Å². The van der Waals surface area contributed by atoms with Crippen LogP contribution in [-0.2, 0) is 7.05 Å². The molecule has 94 valence electrons. The van der Waals surface area contributed by atoms with Crippen molar-refractivity contribution >= 4 is 33.5 Å². The van der Waals surface area contributed by atoms with Gasteiger partial charge < -0.3 is 15.5 Å². The minimum Gasteiger partial charge on any atom is -0.409 e. The number of hydrogen-bond donors (Lipinski definition) is 2. The van der Waals surface area contributed by atoms with E-state index in [4.69, 9.17) is 10.9 Å². The second kappa shape index (κ2) is 5.45. The van der Waals surface area contributed by atoms with Gasteiger partial charge in [0.1, 0.15) is 0 Å². The SMILES string of the molecule is Cn1ccnc1Sc1cc(Br)ccc1/C(N)=N/O. The highest BCUT2D eigenvalue weighted by Crippen LogP contribution is 2.31. The Morgan fingerprint density at radius 1 is 1.56 bits per heavy atom. The summed E-state index contributed by atoms with van der Waals surface area (Å²) in [4.78, 5) is 5.10. The first-order valence-electron chi connectivity index (χ1n) is 5.04. The lowest BCUT2D eigenvalue weighted by Gasteiger charge is -2.08. The van der Waals surface area contributed by atoms with Crippen LogP contribution in [0.2, 0.25) is 0 Å². The fourth-order valence-electron chi connectivity index (χ4n) is 1.39. The summed E-state index contributed by atoms with van der Waals surface area (Å²) in [5.41, 5.74) is 6.33. The average Bonchev–Trinajstić information content (AvgIpc) is 2.74. The van der Waals surface area contributed by atoms with Crippen molar-refractivity contribution < 1.29 is 5.21 Å². The summed E-state index contributed by atoms with van der Waals surface area (Å²) in [5.74, 6) is 0.0826. The van der Waals surface area contributed by atoms with E-state index >= 15 is 0 Å². The van der Waals surface area contributed by atoms with Crippen molar-refractivity contribution in [2.45, 2.75) is 10.1 Å². The van der Waals surface area contributed by atoms with Gasteiger partial charge in [0.05, 0.1) is 0 Å². The molecule has 1 heterocycles. The van der Waals surface area contributed by atoms with E-state index in [-0.39, 0.29) is 5.84 Å². The molecule has 0 spiro atoms. The van der Waals surface area contributed by atoms with Gasteiger partial charge in [0.15, 0.2) is 11.0 Å². The maximum atomic E-state index is 8.78. The average molecular weight is 327 g/mol. The summed E-state index contributed by atoms with van der Waals surface area (Å²) in [6.07, 6.45) is 3.59. The molecule has 0 saturated heterocycles. The lowest BCUT2D eigenvalue weighted by molar-refractivity contribution is 0.318. The van der Waals surface area contributed by atoms with Crippen LogP contribution in [0.1, 0.15) is 5.56 Å². The van der Waals surface area contributed by atoms with Crippen LogP contribution in [0.3, 0.4) is 0 Å². The lowest BCUT2D eigenvalue weighted by atomic mass is 10.2. The van der Waals surface area contributed by atoms with Gasteiger partial charge in [0.2, 0.25) is 0 Å². The number of hydrogen-bond acceptors (Lipinski definition) is 4. The van der Waals surface area contributed by atoms with E-state index in [0.29, 0.717) is 5.56 Å². The van der Waals surface area contributed by atoms with E-state index in [2.05, 4.69) is 26.1 Å². The molecule has 7 heteroatoms. The Balaban J connectivity index is 2.43. The fourth-order valence-corrected chi connectivity index (χ4v) is 2.89. The maximum absolute atomic E-state index is 8.78. The first kappa shape index (κ1) is 13.0. The largest absolute Gasteiger partial charge is 0.409 e. The zero-order valence-electron chi connectivity index (χ0n) is 9.54. The number of halogens is 1. The Bertz CT molecular complexity index is 596. The van der Waals surface area contributed by atoms with Gasteiger partial charge in [-0.25, -0.2) is 4.98 Å². The van der Waals surface area contributed by atoms with E-state index in [9.17, 15) is 0 Å². The van der Waals surface area contributed by atoms with E-state index in [1.165, 1.54) is 11.8 Å². The number of oxime groups is 1.